The number of para-hydroxylation sites is 2. The lowest BCUT2D eigenvalue weighted by Gasteiger charge is -2.18. The van der Waals surface area contributed by atoms with Crippen molar-refractivity contribution < 1.29 is 9.53 Å². The number of rotatable bonds is 10. The van der Waals surface area contributed by atoms with Gasteiger partial charge in [-0.15, -0.1) is 0 Å². The van der Waals surface area contributed by atoms with E-state index in [1.54, 1.807) is 0 Å². The van der Waals surface area contributed by atoms with Crippen molar-refractivity contribution in [1.29, 1.82) is 0 Å². The van der Waals surface area contributed by atoms with Crippen LogP contribution in [0.15, 0.2) is 48.5 Å². The molecule has 1 aliphatic rings. The summed E-state index contributed by atoms with van der Waals surface area (Å²) >= 11 is 0. The standard InChI is InChI=1S/C26H33N3O2/c1-3-5-6-7-10-17-28-24-12-9-8-11-23(24)27-26(28)20-18-25(30)29(19-20)21-13-15-22(16-14-21)31-4-2/h8-9,11-16,20H,3-7,10,17-19H2,1-2H3. The lowest BCUT2D eigenvalue weighted by Crippen LogP contribution is -2.24. The number of aryl methyl sites for hydroxylation is 1. The first-order valence-corrected chi connectivity index (χ1v) is 11.7. The van der Waals surface area contributed by atoms with Gasteiger partial charge in [0, 0.05) is 31.1 Å². The maximum absolute atomic E-state index is 12.9. The van der Waals surface area contributed by atoms with E-state index in [1.165, 1.54) is 31.2 Å². The zero-order valence-corrected chi connectivity index (χ0v) is 18.7. The second-order valence-corrected chi connectivity index (χ2v) is 8.36. The molecule has 1 aliphatic heterocycles. The zero-order valence-electron chi connectivity index (χ0n) is 18.7. The molecule has 3 aromatic rings. The van der Waals surface area contributed by atoms with Gasteiger partial charge in [0.1, 0.15) is 11.6 Å². The predicted octanol–water partition coefficient (Wildman–Crippen LogP) is 5.93. The van der Waals surface area contributed by atoms with Crippen LogP contribution in [0.3, 0.4) is 0 Å². The molecule has 0 bridgehead atoms. The van der Waals surface area contributed by atoms with Crippen molar-refractivity contribution in [2.45, 2.75) is 64.8 Å². The van der Waals surface area contributed by atoms with E-state index >= 15 is 0 Å². The highest BCUT2D eigenvalue weighted by Gasteiger charge is 2.34. The second kappa shape index (κ2) is 9.99. The average molecular weight is 420 g/mol. The average Bonchev–Trinajstić information content (AvgIpc) is 3.35. The number of hydrogen-bond acceptors (Lipinski definition) is 3. The maximum atomic E-state index is 12.9. The van der Waals surface area contributed by atoms with Gasteiger partial charge in [-0.3, -0.25) is 4.79 Å². The molecule has 1 saturated heterocycles. The summed E-state index contributed by atoms with van der Waals surface area (Å²) < 4.78 is 7.90. The maximum Gasteiger partial charge on any atom is 0.227 e. The van der Waals surface area contributed by atoms with E-state index in [0.29, 0.717) is 19.6 Å². The predicted molar refractivity (Wildman–Crippen MR) is 126 cm³/mol. The quantitative estimate of drug-likeness (QED) is 0.383. The molecule has 0 spiro atoms. The topological polar surface area (TPSA) is 47.4 Å². The Kier molecular flexibility index (Phi) is 6.90. The van der Waals surface area contributed by atoms with Crippen LogP contribution in [0.5, 0.6) is 5.75 Å². The molecule has 1 amide bonds. The molecule has 31 heavy (non-hydrogen) atoms. The Bertz CT molecular complexity index is 1010. The molecule has 4 rings (SSSR count). The molecular weight excluding hydrogens is 386 g/mol. The molecule has 2 heterocycles. The van der Waals surface area contributed by atoms with E-state index in [4.69, 9.17) is 9.72 Å². The molecule has 5 heteroatoms. The van der Waals surface area contributed by atoms with Crippen LogP contribution in [0.2, 0.25) is 0 Å². The van der Waals surface area contributed by atoms with E-state index in [9.17, 15) is 4.79 Å². The lowest BCUT2D eigenvalue weighted by molar-refractivity contribution is -0.117. The molecule has 0 N–H and O–H groups in total. The van der Waals surface area contributed by atoms with Crippen LogP contribution >= 0.6 is 0 Å². The van der Waals surface area contributed by atoms with Crippen molar-refractivity contribution in [2.24, 2.45) is 0 Å². The minimum atomic E-state index is 0.113. The molecule has 0 radical (unpaired) electrons. The fraction of sp³-hybridized carbons (Fsp3) is 0.462. The Balaban J connectivity index is 1.54. The summed E-state index contributed by atoms with van der Waals surface area (Å²) in [5.74, 6) is 2.16. The Morgan fingerprint density at radius 3 is 2.55 bits per heavy atom. The van der Waals surface area contributed by atoms with E-state index in [2.05, 4.69) is 29.7 Å². The summed E-state index contributed by atoms with van der Waals surface area (Å²) in [6, 6.07) is 16.2. The van der Waals surface area contributed by atoms with Gasteiger partial charge in [-0.1, -0.05) is 44.7 Å². The fourth-order valence-electron chi connectivity index (χ4n) is 4.53. The normalized spacial score (nSPS) is 16.4. The van der Waals surface area contributed by atoms with Gasteiger partial charge >= 0.3 is 0 Å². The molecule has 0 aliphatic carbocycles. The highest BCUT2D eigenvalue weighted by molar-refractivity contribution is 5.96. The SMILES string of the molecule is CCCCCCCn1c(C2CC(=O)N(c3ccc(OCC)cc3)C2)nc2ccccc21. The van der Waals surface area contributed by atoms with Crippen molar-refractivity contribution in [3.05, 3.63) is 54.4 Å². The summed E-state index contributed by atoms with van der Waals surface area (Å²) in [4.78, 5) is 19.8. The fourth-order valence-corrected chi connectivity index (χ4v) is 4.53. The van der Waals surface area contributed by atoms with Crippen LogP contribution in [-0.4, -0.2) is 28.6 Å². The lowest BCUT2D eigenvalue weighted by atomic mass is 10.1. The second-order valence-electron chi connectivity index (χ2n) is 8.36. The highest BCUT2D eigenvalue weighted by Crippen LogP contribution is 2.34. The van der Waals surface area contributed by atoms with Gasteiger partial charge in [-0.25, -0.2) is 4.98 Å². The molecule has 1 atom stereocenters. The van der Waals surface area contributed by atoms with E-state index < -0.39 is 0 Å². The number of carbonyl (C=O) groups is 1. The van der Waals surface area contributed by atoms with Gasteiger partial charge < -0.3 is 14.2 Å². The van der Waals surface area contributed by atoms with E-state index in [1.807, 2.05) is 42.2 Å². The first-order chi connectivity index (χ1) is 15.2. The van der Waals surface area contributed by atoms with Crippen LogP contribution in [0, 0.1) is 0 Å². The number of ether oxygens (including phenoxy) is 1. The summed E-state index contributed by atoms with van der Waals surface area (Å²) in [6.45, 7) is 6.49. The summed E-state index contributed by atoms with van der Waals surface area (Å²) in [6.07, 6.45) is 6.73. The largest absolute Gasteiger partial charge is 0.494 e. The van der Waals surface area contributed by atoms with Gasteiger partial charge in [0.25, 0.3) is 0 Å². The number of benzene rings is 2. The highest BCUT2D eigenvalue weighted by atomic mass is 16.5. The molecule has 1 unspecified atom stereocenters. The molecule has 0 saturated carbocycles. The van der Waals surface area contributed by atoms with Crippen LogP contribution in [0.4, 0.5) is 5.69 Å². The third kappa shape index (κ3) is 4.76. The van der Waals surface area contributed by atoms with Gasteiger partial charge in [-0.05, 0) is 49.7 Å². The Morgan fingerprint density at radius 1 is 1.00 bits per heavy atom. The minimum absolute atomic E-state index is 0.113. The van der Waals surface area contributed by atoms with Gasteiger partial charge in [-0.2, -0.15) is 0 Å². The minimum Gasteiger partial charge on any atom is -0.494 e. The van der Waals surface area contributed by atoms with Crippen LogP contribution in [0.1, 0.15) is 64.1 Å². The molecule has 5 nitrogen and oxygen atoms in total. The summed E-state index contributed by atoms with van der Waals surface area (Å²) in [5.41, 5.74) is 3.14. The summed E-state index contributed by atoms with van der Waals surface area (Å²) in [5, 5.41) is 0. The molecular formula is C26H33N3O2. The van der Waals surface area contributed by atoms with Crippen molar-refractivity contribution in [1.82, 2.24) is 9.55 Å². The number of unbranched alkanes of at least 4 members (excludes halogenated alkanes) is 4. The van der Waals surface area contributed by atoms with Crippen molar-refractivity contribution in [3.8, 4) is 5.75 Å². The summed E-state index contributed by atoms with van der Waals surface area (Å²) in [7, 11) is 0. The number of anilines is 1. The smallest absolute Gasteiger partial charge is 0.227 e. The number of fused-ring (bicyclic) bond motifs is 1. The zero-order chi connectivity index (χ0) is 21.6. The first-order valence-electron chi connectivity index (χ1n) is 11.7. The van der Waals surface area contributed by atoms with Crippen LogP contribution < -0.4 is 9.64 Å². The Hall–Kier alpha value is -2.82. The van der Waals surface area contributed by atoms with Gasteiger partial charge in [0.05, 0.1) is 17.6 Å². The van der Waals surface area contributed by atoms with E-state index in [0.717, 1.165) is 35.7 Å². The number of aromatic nitrogens is 2. The number of imidazole rings is 1. The molecule has 1 aromatic heterocycles. The number of amides is 1. The first kappa shape index (κ1) is 21.4. The van der Waals surface area contributed by atoms with Crippen molar-refractivity contribution in [3.63, 3.8) is 0 Å². The molecule has 2 aromatic carbocycles. The van der Waals surface area contributed by atoms with Crippen molar-refractivity contribution in [2.75, 3.05) is 18.1 Å². The van der Waals surface area contributed by atoms with Gasteiger partial charge in [0.15, 0.2) is 0 Å². The van der Waals surface area contributed by atoms with Crippen LogP contribution in [0.25, 0.3) is 11.0 Å². The van der Waals surface area contributed by atoms with Crippen LogP contribution in [-0.2, 0) is 11.3 Å². The number of hydrogen-bond donors (Lipinski definition) is 0. The third-order valence-electron chi connectivity index (χ3n) is 6.12. The number of nitrogens with zero attached hydrogens (tertiary/aromatic N) is 3. The monoisotopic (exact) mass is 419 g/mol. The Morgan fingerprint density at radius 2 is 1.77 bits per heavy atom. The molecule has 1 fully saturated rings. The van der Waals surface area contributed by atoms with Gasteiger partial charge in [0.2, 0.25) is 5.91 Å². The molecule has 164 valence electrons. The Labute approximate surface area is 185 Å². The number of carbonyl (C=O) groups excluding carboxylic acids is 1. The van der Waals surface area contributed by atoms with E-state index in [-0.39, 0.29) is 11.8 Å². The third-order valence-corrected chi connectivity index (χ3v) is 6.12. The van der Waals surface area contributed by atoms with Crippen molar-refractivity contribution >= 4 is 22.6 Å².